The Labute approximate surface area is 140 Å². The van der Waals surface area contributed by atoms with E-state index in [4.69, 9.17) is 0 Å². The molecule has 1 amide bonds. The number of benzene rings is 1. The van der Waals surface area contributed by atoms with E-state index >= 15 is 0 Å². The molecule has 7 heteroatoms. The zero-order valence-electron chi connectivity index (χ0n) is 13.7. The molecule has 0 aliphatic carbocycles. The van der Waals surface area contributed by atoms with Crippen molar-refractivity contribution in [1.29, 1.82) is 0 Å². The van der Waals surface area contributed by atoms with Crippen LogP contribution in [0, 0.1) is 5.82 Å². The van der Waals surface area contributed by atoms with Crippen molar-refractivity contribution in [3.63, 3.8) is 0 Å². The summed E-state index contributed by atoms with van der Waals surface area (Å²) in [6.07, 6.45) is 3.31. The topological polar surface area (TPSA) is 61.4 Å². The molecule has 1 saturated heterocycles. The number of hydrogen-bond acceptors (Lipinski definition) is 5. The van der Waals surface area contributed by atoms with E-state index in [9.17, 15) is 9.18 Å². The third kappa shape index (κ3) is 3.29. The minimum atomic E-state index is -0.348. The number of nitrogens with one attached hydrogen (secondary N) is 1. The summed E-state index contributed by atoms with van der Waals surface area (Å²) in [7, 11) is 3.49. The molecule has 24 heavy (non-hydrogen) atoms. The largest absolute Gasteiger partial charge is 0.347 e. The molecule has 1 unspecified atom stereocenters. The van der Waals surface area contributed by atoms with E-state index in [0.717, 1.165) is 19.4 Å². The van der Waals surface area contributed by atoms with Gasteiger partial charge in [-0.2, -0.15) is 4.98 Å². The van der Waals surface area contributed by atoms with Gasteiger partial charge in [0.05, 0.1) is 5.69 Å². The zero-order chi connectivity index (χ0) is 17.1. The molecule has 1 aromatic heterocycles. The van der Waals surface area contributed by atoms with Crippen molar-refractivity contribution in [3.05, 3.63) is 42.3 Å². The third-order valence-corrected chi connectivity index (χ3v) is 4.01. The van der Waals surface area contributed by atoms with E-state index in [1.165, 1.54) is 6.07 Å². The number of likely N-dealkylation sites (N-methyl/N-ethyl adjacent to an activating group) is 1. The Morgan fingerprint density at radius 3 is 2.88 bits per heavy atom. The van der Waals surface area contributed by atoms with Gasteiger partial charge in [-0.15, -0.1) is 0 Å². The Morgan fingerprint density at radius 1 is 1.33 bits per heavy atom. The molecule has 1 N–H and O–H groups in total. The fourth-order valence-electron chi connectivity index (χ4n) is 2.82. The number of carbonyl (C=O) groups is 1. The average Bonchev–Trinajstić information content (AvgIpc) is 3.06. The maximum atomic E-state index is 13.8. The Bertz CT molecular complexity index is 736. The fourth-order valence-corrected chi connectivity index (χ4v) is 2.82. The molecule has 2 heterocycles. The van der Waals surface area contributed by atoms with E-state index in [1.807, 2.05) is 4.90 Å². The van der Waals surface area contributed by atoms with Crippen molar-refractivity contribution in [1.82, 2.24) is 14.9 Å². The van der Waals surface area contributed by atoms with Gasteiger partial charge in [0.15, 0.2) is 0 Å². The van der Waals surface area contributed by atoms with E-state index in [0.29, 0.717) is 17.5 Å². The van der Waals surface area contributed by atoms with E-state index in [1.54, 1.807) is 49.5 Å². The highest BCUT2D eigenvalue weighted by Gasteiger charge is 2.33. The molecular weight excluding hydrogens is 309 g/mol. The molecule has 0 bridgehead atoms. The van der Waals surface area contributed by atoms with Crippen LogP contribution in [0.25, 0.3) is 0 Å². The molecule has 2 aromatic rings. The number of halogens is 1. The normalized spacial score (nSPS) is 17.0. The zero-order valence-corrected chi connectivity index (χ0v) is 13.7. The first-order valence-corrected chi connectivity index (χ1v) is 7.88. The van der Waals surface area contributed by atoms with Crippen molar-refractivity contribution < 1.29 is 9.18 Å². The second-order valence-electron chi connectivity index (χ2n) is 5.93. The van der Waals surface area contributed by atoms with Gasteiger partial charge in [-0.25, -0.2) is 9.37 Å². The highest BCUT2D eigenvalue weighted by atomic mass is 19.1. The first-order chi connectivity index (χ1) is 11.6. The van der Waals surface area contributed by atoms with Crippen molar-refractivity contribution in [2.75, 3.05) is 30.9 Å². The molecule has 0 saturated carbocycles. The van der Waals surface area contributed by atoms with Crippen LogP contribution in [-0.4, -0.2) is 47.5 Å². The third-order valence-electron chi connectivity index (χ3n) is 4.01. The minimum absolute atomic E-state index is 0.0450. The fraction of sp³-hybridized carbons (Fsp3) is 0.353. The average molecular weight is 329 g/mol. The number of anilines is 3. The second-order valence-corrected chi connectivity index (χ2v) is 5.93. The summed E-state index contributed by atoms with van der Waals surface area (Å²) < 4.78 is 13.8. The van der Waals surface area contributed by atoms with Crippen molar-refractivity contribution in [2.45, 2.75) is 18.9 Å². The first kappa shape index (κ1) is 16.2. The van der Waals surface area contributed by atoms with Gasteiger partial charge in [0, 0.05) is 26.8 Å². The highest BCUT2D eigenvalue weighted by Crippen LogP contribution is 2.25. The summed E-state index contributed by atoms with van der Waals surface area (Å²) in [6, 6.07) is 7.84. The quantitative estimate of drug-likeness (QED) is 0.933. The number of nitrogens with zero attached hydrogens (tertiary/aromatic N) is 4. The molecule has 0 spiro atoms. The Hall–Kier alpha value is -2.70. The summed E-state index contributed by atoms with van der Waals surface area (Å²) in [5, 5.41) is 2.95. The van der Waals surface area contributed by atoms with E-state index in [2.05, 4.69) is 15.3 Å². The lowest BCUT2D eigenvalue weighted by Crippen LogP contribution is -2.43. The molecular formula is C17H20FN5O. The van der Waals surface area contributed by atoms with E-state index < -0.39 is 0 Å². The highest BCUT2D eigenvalue weighted by molar-refractivity contribution is 5.85. The minimum Gasteiger partial charge on any atom is -0.347 e. The predicted molar refractivity (Wildman–Crippen MR) is 90.8 cm³/mol. The predicted octanol–water partition coefficient (Wildman–Crippen LogP) is 2.42. The molecule has 1 aliphatic heterocycles. The number of aromatic nitrogens is 2. The molecule has 0 radical (unpaired) electrons. The van der Waals surface area contributed by atoms with Crippen LogP contribution in [0.1, 0.15) is 12.8 Å². The van der Waals surface area contributed by atoms with Crippen LogP contribution in [0.4, 0.5) is 21.8 Å². The Balaban J connectivity index is 1.82. The SMILES string of the molecule is CN(C)C(=O)C1CCCN1c1nccc(Nc2ccccc2F)n1. The van der Waals surface area contributed by atoms with E-state index in [-0.39, 0.29) is 17.8 Å². The maximum absolute atomic E-state index is 13.8. The Kier molecular flexibility index (Phi) is 4.59. The van der Waals surface area contributed by atoms with Crippen LogP contribution >= 0.6 is 0 Å². The maximum Gasteiger partial charge on any atom is 0.244 e. The molecule has 1 aromatic carbocycles. The summed E-state index contributed by atoms with van der Waals surface area (Å²) in [4.78, 5) is 24.5. The van der Waals surface area contributed by atoms with Gasteiger partial charge in [-0.3, -0.25) is 4.79 Å². The van der Waals surface area contributed by atoms with Crippen molar-refractivity contribution >= 4 is 23.4 Å². The van der Waals surface area contributed by atoms with Crippen LogP contribution in [0.2, 0.25) is 0 Å². The number of carbonyl (C=O) groups excluding carboxylic acids is 1. The lowest BCUT2D eigenvalue weighted by Gasteiger charge is -2.26. The smallest absolute Gasteiger partial charge is 0.244 e. The standard InChI is InChI=1S/C17H20FN5O/c1-22(2)16(24)14-8-5-11-23(14)17-19-10-9-15(21-17)20-13-7-4-3-6-12(13)18/h3-4,6-7,9-10,14H,5,8,11H2,1-2H3,(H,19,20,21). The first-order valence-electron chi connectivity index (χ1n) is 7.88. The van der Waals surface area contributed by atoms with Crippen molar-refractivity contribution in [2.24, 2.45) is 0 Å². The summed E-state index contributed by atoms with van der Waals surface area (Å²) >= 11 is 0. The molecule has 1 fully saturated rings. The van der Waals surface area contributed by atoms with Crippen LogP contribution in [0.3, 0.4) is 0 Å². The second kappa shape index (κ2) is 6.82. The van der Waals surface area contributed by atoms with Gasteiger partial charge in [0.25, 0.3) is 0 Å². The van der Waals surface area contributed by atoms with Crippen LogP contribution in [0.5, 0.6) is 0 Å². The summed E-state index contributed by atoms with van der Waals surface area (Å²) in [5.74, 6) is 0.671. The molecule has 1 atom stereocenters. The number of para-hydroxylation sites is 1. The summed E-state index contributed by atoms with van der Waals surface area (Å²) in [6.45, 7) is 0.730. The number of amides is 1. The lowest BCUT2D eigenvalue weighted by atomic mass is 10.2. The monoisotopic (exact) mass is 329 g/mol. The van der Waals surface area contributed by atoms with Crippen molar-refractivity contribution in [3.8, 4) is 0 Å². The van der Waals surface area contributed by atoms with Crippen LogP contribution in [-0.2, 0) is 4.79 Å². The van der Waals surface area contributed by atoms with Gasteiger partial charge in [-0.05, 0) is 31.0 Å². The number of hydrogen-bond donors (Lipinski definition) is 1. The van der Waals surface area contributed by atoms with Gasteiger partial charge in [-0.1, -0.05) is 12.1 Å². The summed E-state index contributed by atoms with van der Waals surface area (Å²) in [5.41, 5.74) is 0.351. The van der Waals surface area contributed by atoms with Gasteiger partial charge >= 0.3 is 0 Å². The Morgan fingerprint density at radius 2 is 2.12 bits per heavy atom. The van der Waals surface area contributed by atoms with Gasteiger partial charge < -0.3 is 15.1 Å². The molecule has 1 aliphatic rings. The molecule has 3 rings (SSSR count). The molecule has 126 valence electrons. The van der Waals surface area contributed by atoms with Gasteiger partial charge in [0.2, 0.25) is 11.9 Å². The number of rotatable bonds is 4. The molecule has 6 nitrogen and oxygen atoms in total. The van der Waals surface area contributed by atoms with Crippen LogP contribution in [0.15, 0.2) is 36.5 Å². The lowest BCUT2D eigenvalue weighted by molar-refractivity contribution is -0.129. The van der Waals surface area contributed by atoms with Gasteiger partial charge in [0.1, 0.15) is 17.7 Å². The van der Waals surface area contributed by atoms with Crippen LogP contribution < -0.4 is 10.2 Å².